The van der Waals surface area contributed by atoms with Gasteiger partial charge in [0.1, 0.15) is 0 Å². The highest BCUT2D eigenvalue weighted by molar-refractivity contribution is 5.44. The van der Waals surface area contributed by atoms with E-state index in [2.05, 4.69) is 31.1 Å². The molecule has 0 aliphatic rings. The molecule has 16 heavy (non-hydrogen) atoms. The van der Waals surface area contributed by atoms with E-state index in [1.54, 1.807) is 0 Å². The van der Waals surface area contributed by atoms with E-state index in [0.29, 0.717) is 6.42 Å². The third-order valence-electron chi connectivity index (χ3n) is 2.84. The van der Waals surface area contributed by atoms with Crippen LogP contribution in [0.15, 0.2) is 30.5 Å². The second-order valence-electron chi connectivity index (χ2n) is 3.94. The van der Waals surface area contributed by atoms with Crippen LogP contribution < -0.4 is 0 Å². The van der Waals surface area contributed by atoms with Crippen LogP contribution >= 0.6 is 0 Å². The molecule has 2 aromatic rings. The molecule has 0 aliphatic carbocycles. The predicted octanol–water partition coefficient (Wildman–Crippen LogP) is 2.02. The number of aryl methyl sites for hydroxylation is 1. The average Bonchev–Trinajstić information content (AvgIpc) is 2.71. The van der Waals surface area contributed by atoms with E-state index in [-0.39, 0.29) is 6.61 Å². The molecule has 1 aromatic carbocycles. The Morgan fingerprint density at radius 2 is 2.06 bits per heavy atom. The summed E-state index contributed by atoms with van der Waals surface area (Å²) < 4.78 is 1.87. The third kappa shape index (κ3) is 1.99. The predicted molar refractivity (Wildman–Crippen MR) is 63.8 cm³/mol. The number of rotatable bonds is 3. The fraction of sp³-hybridized carbons (Fsp3) is 0.308. The van der Waals surface area contributed by atoms with Gasteiger partial charge in [-0.25, -0.2) is 4.68 Å². The fourth-order valence-electron chi connectivity index (χ4n) is 1.73. The molecule has 0 fully saturated rings. The molecular weight excluding hydrogens is 200 g/mol. The summed E-state index contributed by atoms with van der Waals surface area (Å²) in [6, 6.07) is 8.12. The van der Waals surface area contributed by atoms with Gasteiger partial charge in [0.05, 0.1) is 11.4 Å². The van der Waals surface area contributed by atoms with Crippen molar-refractivity contribution in [3.63, 3.8) is 0 Å². The zero-order chi connectivity index (χ0) is 11.5. The standard InChI is InChI=1S/C13H16N2O/c1-10-4-3-5-13(11(10)2)15-8-6-12(14-15)7-9-16/h3-6,8,16H,7,9H2,1-2H3. The second-order valence-corrected chi connectivity index (χ2v) is 3.94. The van der Waals surface area contributed by atoms with E-state index >= 15 is 0 Å². The maximum Gasteiger partial charge on any atom is 0.0677 e. The Balaban J connectivity index is 2.39. The Kier molecular flexibility index (Phi) is 3.06. The van der Waals surface area contributed by atoms with Gasteiger partial charge < -0.3 is 5.11 Å². The highest BCUT2D eigenvalue weighted by atomic mass is 16.3. The van der Waals surface area contributed by atoms with Crippen molar-refractivity contribution in [3.05, 3.63) is 47.3 Å². The summed E-state index contributed by atoms with van der Waals surface area (Å²) in [7, 11) is 0. The van der Waals surface area contributed by atoms with Crippen molar-refractivity contribution < 1.29 is 5.11 Å². The molecule has 0 aliphatic heterocycles. The number of aliphatic hydroxyl groups excluding tert-OH is 1. The average molecular weight is 216 g/mol. The van der Waals surface area contributed by atoms with Gasteiger partial charge in [0.25, 0.3) is 0 Å². The normalized spacial score (nSPS) is 10.7. The summed E-state index contributed by atoms with van der Waals surface area (Å²) in [5.74, 6) is 0. The molecule has 0 bridgehead atoms. The first-order chi connectivity index (χ1) is 7.72. The van der Waals surface area contributed by atoms with E-state index in [1.165, 1.54) is 11.1 Å². The Morgan fingerprint density at radius 3 is 2.81 bits per heavy atom. The number of nitrogens with zero attached hydrogens (tertiary/aromatic N) is 2. The van der Waals surface area contributed by atoms with Crippen molar-refractivity contribution in [1.29, 1.82) is 0 Å². The van der Waals surface area contributed by atoms with E-state index in [0.717, 1.165) is 11.4 Å². The van der Waals surface area contributed by atoms with Gasteiger partial charge in [0, 0.05) is 19.2 Å². The van der Waals surface area contributed by atoms with Gasteiger partial charge in [-0.3, -0.25) is 0 Å². The summed E-state index contributed by atoms with van der Waals surface area (Å²) in [6.45, 7) is 4.33. The van der Waals surface area contributed by atoms with Gasteiger partial charge in [-0.05, 0) is 37.1 Å². The molecule has 0 saturated heterocycles. The number of benzene rings is 1. The number of aliphatic hydroxyl groups is 1. The summed E-state index contributed by atoms with van der Waals surface area (Å²) >= 11 is 0. The zero-order valence-corrected chi connectivity index (χ0v) is 9.64. The quantitative estimate of drug-likeness (QED) is 0.852. The number of aromatic nitrogens is 2. The van der Waals surface area contributed by atoms with Crippen LogP contribution in [0.3, 0.4) is 0 Å². The maximum absolute atomic E-state index is 8.85. The summed E-state index contributed by atoms with van der Waals surface area (Å²) in [4.78, 5) is 0. The lowest BCUT2D eigenvalue weighted by Crippen LogP contribution is -2.00. The van der Waals surface area contributed by atoms with Gasteiger partial charge >= 0.3 is 0 Å². The van der Waals surface area contributed by atoms with Crippen molar-refractivity contribution in [2.45, 2.75) is 20.3 Å². The minimum atomic E-state index is 0.143. The zero-order valence-electron chi connectivity index (χ0n) is 9.64. The SMILES string of the molecule is Cc1cccc(-n2ccc(CCO)n2)c1C. The molecule has 1 N–H and O–H groups in total. The van der Waals surface area contributed by atoms with E-state index in [9.17, 15) is 0 Å². The molecule has 2 rings (SSSR count). The monoisotopic (exact) mass is 216 g/mol. The molecule has 0 saturated carbocycles. The molecule has 0 unspecified atom stereocenters. The fourth-order valence-corrected chi connectivity index (χ4v) is 1.73. The summed E-state index contributed by atoms with van der Waals surface area (Å²) in [5, 5.41) is 13.3. The Labute approximate surface area is 95.3 Å². The number of hydrogen-bond donors (Lipinski definition) is 1. The van der Waals surface area contributed by atoms with Crippen molar-refractivity contribution in [2.75, 3.05) is 6.61 Å². The highest BCUT2D eigenvalue weighted by Gasteiger charge is 2.04. The second kappa shape index (κ2) is 4.49. The summed E-state index contributed by atoms with van der Waals surface area (Å²) in [5.41, 5.74) is 4.52. The van der Waals surface area contributed by atoms with Crippen LogP contribution in [0, 0.1) is 13.8 Å². The Morgan fingerprint density at radius 1 is 1.25 bits per heavy atom. The molecule has 3 heteroatoms. The smallest absolute Gasteiger partial charge is 0.0677 e. The minimum Gasteiger partial charge on any atom is -0.396 e. The van der Waals surface area contributed by atoms with Gasteiger partial charge in [0.15, 0.2) is 0 Å². The van der Waals surface area contributed by atoms with Gasteiger partial charge in [-0.2, -0.15) is 5.10 Å². The third-order valence-corrected chi connectivity index (χ3v) is 2.84. The molecule has 0 spiro atoms. The van der Waals surface area contributed by atoms with Crippen molar-refractivity contribution in [3.8, 4) is 5.69 Å². The maximum atomic E-state index is 8.85. The molecule has 84 valence electrons. The van der Waals surface area contributed by atoms with E-state index < -0.39 is 0 Å². The van der Waals surface area contributed by atoms with Gasteiger partial charge in [0.2, 0.25) is 0 Å². The lowest BCUT2D eigenvalue weighted by Gasteiger charge is -2.08. The molecule has 0 amide bonds. The molecule has 0 radical (unpaired) electrons. The van der Waals surface area contributed by atoms with Crippen LogP contribution in [0.1, 0.15) is 16.8 Å². The molecule has 0 atom stereocenters. The topological polar surface area (TPSA) is 38.0 Å². The van der Waals surface area contributed by atoms with Crippen LogP contribution in [0.4, 0.5) is 0 Å². The molecule has 1 heterocycles. The summed E-state index contributed by atoms with van der Waals surface area (Å²) in [6.07, 6.45) is 2.55. The van der Waals surface area contributed by atoms with Crippen molar-refractivity contribution in [1.82, 2.24) is 9.78 Å². The number of hydrogen-bond acceptors (Lipinski definition) is 2. The Hall–Kier alpha value is -1.61. The van der Waals surface area contributed by atoms with Crippen molar-refractivity contribution in [2.24, 2.45) is 0 Å². The lowest BCUT2D eigenvalue weighted by molar-refractivity contribution is 0.298. The Bertz CT molecular complexity index is 488. The van der Waals surface area contributed by atoms with Crippen LogP contribution in [0.5, 0.6) is 0 Å². The lowest BCUT2D eigenvalue weighted by atomic mass is 10.1. The van der Waals surface area contributed by atoms with Gasteiger partial charge in [-0.1, -0.05) is 12.1 Å². The van der Waals surface area contributed by atoms with Crippen molar-refractivity contribution >= 4 is 0 Å². The van der Waals surface area contributed by atoms with E-state index in [1.807, 2.05) is 23.0 Å². The van der Waals surface area contributed by atoms with Crippen LogP contribution in [0.25, 0.3) is 5.69 Å². The van der Waals surface area contributed by atoms with Crippen LogP contribution in [0.2, 0.25) is 0 Å². The van der Waals surface area contributed by atoms with E-state index in [4.69, 9.17) is 5.11 Å². The first-order valence-corrected chi connectivity index (χ1v) is 5.44. The van der Waals surface area contributed by atoms with Gasteiger partial charge in [-0.15, -0.1) is 0 Å². The molecule has 1 aromatic heterocycles. The highest BCUT2D eigenvalue weighted by Crippen LogP contribution is 2.16. The molecular formula is C13H16N2O. The van der Waals surface area contributed by atoms with Crippen LogP contribution in [-0.4, -0.2) is 21.5 Å². The first-order valence-electron chi connectivity index (χ1n) is 5.44. The first kappa shape index (κ1) is 10.9. The molecule has 3 nitrogen and oxygen atoms in total. The minimum absolute atomic E-state index is 0.143. The van der Waals surface area contributed by atoms with Crippen LogP contribution in [-0.2, 0) is 6.42 Å². The largest absolute Gasteiger partial charge is 0.396 e.